The van der Waals surface area contributed by atoms with E-state index in [0.717, 1.165) is 12.8 Å². The Balaban J connectivity index is -0.000000318. The topological polar surface area (TPSA) is 12.0 Å². The van der Waals surface area contributed by atoms with Crippen LogP contribution in [0.1, 0.15) is 61.3 Å². The summed E-state index contributed by atoms with van der Waals surface area (Å²) >= 11 is 0. The highest BCUT2D eigenvalue weighted by molar-refractivity contribution is 5.23. The summed E-state index contributed by atoms with van der Waals surface area (Å²) in [5.74, 6) is 0. The van der Waals surface area contributed by atoms with E-state index in [-0.39, 0.29) is 0 Å². The maximum atomic E-state index is 3.22. The predicted octanol–water partition coefficient (Wildman–Crippen LogP) is 4.91. The molecule has 0 aliphatic carbocycles. The molecule has 15 heavy (non-hydrogen) atoms. The van der Waals surface area contributed by atoms with Crippen molar-refractivity contribution in [1.29, 1.82) is 0 Å². The van der Waals surface area contributed by atoms with Gasteiger partial charge in [-0.1, -0.05) is 53.7 Å². The van der Waals surface area contributed by atoms with Gasteiger partial charge in [0, 0.05) is 12.7 Å². The summed E-state index contributed by atoms with van der Waals surface area (Å²) in [6.07, 6.45) is 6.46. The molecule has 0 fully saturated rings. The van der Waals surface area contributed by atoms with Crippen molar-refractivity contribution in [2.75, 3.05) is 7.05 Å². The van der Waals surface area contributed by atoms with Gasteiger partial charge in [0.25, 0.3) is 0 Å². The first-order valence-corrected chi connectivity index (χ1v) is 6.32. The summed E-state index contributed by atoms with van der Waals surface area (Å²) in [5.41, 5.74) is 2.77. The summed E-state index contributed by atoms with van der Waals surface area (Å²) < 4.78 is 0. The Morgan fingerprint density at radius 1 is 1.00 bits per heavy atom. The standard InChI is InChI=1S/C10H19N.2C2H6/c1-5-8-9(6-2)10(7-3)11-4;2*1-2/h5,8,11H,6-7H2,1-4H3;2*1-2H3/b8-5-,10-9-;;. The molecule has 0 aromatic heterocycles. The first-order valence-electron chi connectivity index (χ1n) is 6.32. The molecular weight excluding hydrogens is 182 g/mol. The van der Waals surface area contributed by atoms with Gasteiger partial charge in [-0.25, -0.2) is 0 Å². The van der Waals surface area contributed by atoms with Crippen molar-refractivity contribution in [3.8, 4) is 0 Å². The molecule has 1 nitrogen and oxygen atoms in total. The van der Waals surface area contributed by atoms with Gasteiger partial charge < -0.3 is 5.32 Å². The van der Waals surface area contributed by atoms with Crippen LogP contribution in [0.3, 0.4) is 0 Å². The zero-order valence-electron chi connectivity index (χ0n) is 12.1. The fraction of sp³-hybridized carbons (Fsp3) is 0.714. The largest absolute Gasteiger partial charge is 0.391 e. The normalized spacial score (nSPS) is 10.7. The number of nitrogens with one attached hydrogen (secondary N) is 1. The molecule has 0 heterocycles. The number of hydrogen-bond acceptors (Lipinski definition) is 1. The van der Waals surface area contributed by atoms with Crippen molar-refractivity contribution in [3.63, 3.8) is 0 Å². The highest BCUT2D eigenvalue weighted by atomic mass is 14.8. The molecule has 0 unspecified atom stereocenters. The summed E-state index contributed by atoms with van der Waals surface area (Å²) in [6.45, 7) is 14.4. The third kappa shape index (κ3) is 11.2. The Kier molecular flexibility index (Phi) is 25.0. The quantitative estimate of drug-likeness (QED) is 0.654. The second-order valence-corrected chi connectivity index (χ2v) is 2.46. The van der Waals surface area contributed by atoms with Gasteiger partial charge in [-0.05, 0) is 25.3 Å². The molecule has 0 rings (SSSR count). The van der Waals surface area contributed by atoms with Crippen molar-refractivity contribution >= 4 is 0 Å². The number of rotatable bonds is 4. The first kappa shape index (κ1) is 19.8. The highest BCUT2D eigenvalue weighted by Gasteiger charge is 1.95. The maximum absolute atomic E-state index is 3.22. The fourth-order valence-corrected chi connectivity index (χ4v) is 1.20. The minimum absolute atomic E-state index is 1.09. The van der Waals surface area contributed by atoms with Crippen LogP contribution in [0.2, 0.25) is 0 Å². The maximum Gasteiger partial charge on any atom is 0.0133 e. The molecule has 0 aromatic carbocycles. The lowest BCUT2D eigenvalue weighted by Crippen LogP contribution is -2.07. The second kappa shape index (κ2) is 18.9. The van der Waals surface area contributed by atoms with Gasteiger partial charge in [-0.2, -0.15) is 0 Å². The molecule has 0 saturated carbocycles. The molecule has 1 heteroatoms. The van der Waals surface area contributed by atoms with Crippen LogP contribution >= 0.6 is 0 Å². The smallest absolute Gasteiger partial charge is 0.0133 e. The average Bonchev–Trinajstić information content (AvgIpc) is 2.34. The van der Waals surface area contributed by atoms with Crippen LogP contribution in [-0.4, -0.2) is 7.05 Å². The van der Waals surface area contributed by atoms with E-state index in [0.29, 0.717) is 0 Å². The second-order valence-electron chi connectivity index (χ2n) is 2.46. The Bertz CT molecular complexity index is 149. The molecule has 0 aliphatic heterocycles. The minimum atomic E-state index is 1.09. The third-order valence-corrected chi connectivity index (χ3v) is 1.79. The van der Waals surface area contributed by atoms with E-state index in [2.05, 4.69) is 38.2 Å². The molecule has 0 bridgehead atoms. The zero-order valence-corrected chi connectivity index (χ0v) is 12.1. The molecular formula is C14H31N. The van der Waals surface area contributed by atoms with Crippen molar-refractivity contribution < 1.29 is 0 Å². The van der Waals surface area contributed by atoms with E-state index in [9.17, 15) is 0 Å². The van der Waals surface area contributed by atoms with Gasteiger partial charge in [0.05, 0.1) is 0 Å². The fourth-order valence-electron chi connectivity index (χ4n) is 1.20. The highest BCUT2D eigenvalue weighted by Crippen LogP contribution is 2.10. The average molecular weight is 213 g/mol. The van der Waals surface area contributed by atoms with Crippen LogP contribution in [0.5, 0.6) is 0 Å². The summed E-state index contributed by atoms with van der Waals surface area (Å²) in [5, 5.41) is 3.22. The molecule has 0 spiro atoms. The summed E-state index contributed by atoms with van der Waals surface area (Å²) in [6, 6.07) is 0. The molecule has 0 amide bonds. The van der Waals surface area contributed by atoms with Crippen LogP contribution in [0, 0.1) is 0 Å². The molecule has 0 radical (unpaired) electrons. The molecule has 0 atom stereocenters. The van der Waals surface area contributed by atoms with Crippen LogP contribution in [-0.2, 0) is 0 Å². The predicted molar refractivity (Wildman–Crippen MR) is 74.2 cm³/mol. The van der Waals surface area contributed by atoms with Crippen molar-refractivity contribution in [2.24, 2.45) is 0 Å². The lowest BCUT2D eigenvalue weighted by Gasteiger charge is -2.08. The van der Waals surface area contributed by atoms with E-state index in [1.807, 2.05) is 34.7 Å². The lowest BCUT2D eigenvalue weighted by molar-refractivity contribution is 0.864. The van der Waals surface area contributed by atoms with E-state index >= 15 is 0 Å². The monoisotopic (exact) mass is 213 g/mol. The molecule has 0 saturated heterocycles. The van der Waals surface area contributed by atoms with Crippen LogP contribution < -0.4 is 5.32 Å². The van der Waals surface area contributed by atoms with Crippen LogP contribution in [0.4, 0.5) is 0 Å². The molecule has 1 N–H and O–H groups in total. The van der Waals surface area contributed by atoms with Crippen molar-refractivity contribution in [3.05, 3.63) is 23.4 Å². The van der Waals surface area contributed by atoms with Gasteiger partial charge in [0.2, 0.25) is 0 Å². The first-order chi connectivity index (χ1) is 7.29. The Morgan fingerprint density at radius 3 is 1.67 bits per heavy atom. The van der Waals surface area contributed by atoms with Gasteiger partial charge in [0.1, 0.15) is 0 Å². The summed E-state index contributed by atoms with van der Waals surface area (Å²) in [4.78, 5) is 0. The van der Waals surface area contributed by atoms with Crippen molar-refractivity contribution in [1.82, 2.24) is 5.32 Å². The van der Waals surface area contributed by atoms with Gasteiger partial charge in [-0.3, -0.25) is 0 Å². The number of hydrogen-bond donors (Lipinski definition) is 1. The third-order valence-electron chi connectivity index (χ3n) is 1.79. The van der Waals surface area contributed by atoms with Crippen molar-refractivity contribution in [2.45, 2.75) is 61.3 Å². The molecule has 0 aliphatic rings. The number of allylic oxidation sites excluding steroid dienone is 4. The van der Waals surface area contributed by atoms with Gasteiger partial charge in [0.15, 0.2) is 0 Å². The Morgan fingerprint density at radius 2 is 1.47 bits per heavy atom. The Labute approximate surface area is 97.7 Å². The molecule has 92 valence electrons. The lowest BCUT2D eigenvalue weighted by atomic mass is 10.1. The van der Waals surface area contributed by atoms with E-state index in [1.54, 1.807) is 0 Å². The summed E-state index contributed by atoms with van der Waals surface area (Å²) in [7, 11) is 1.98. The van der Waals surface area contributed by atoms with E-state index < -0.39 is 0 Å². The molecule has 0 aromatic rings. The van der Waals surface area contributed by atoms with Crippen LogP contribution in [0.25, 0.3) is 0 Å². The Hall–Kier alpha value is -0.720. The van der Waals surface area contributed by atoms with Gasteiger partial charge in [-0.15, -0.1) is 0 Å². The van der Waals surface area contributed by atoms with E-state index in [4.69, 9.17) is 0 Å². The SMILES string of the molecule is C/C=C\C(CC)=C(\CC)NC.CC.CC. The van der Waals surface area contributed by atoms with Gasteiger partial charge >= 0.3 is 0 Å². The van der Waals surface area contributed by atoms with Crippen LogP contribution in [0.15, 0.2) is 23.4 Å². The van der Waals surface area contributed by atoms with E-state index in [1.165, 1.54) is 11.3 Å². The minimum Gasteiger partial charge on any atom is -0.391 e. The zero-order chi connectivity index (χ0) is 12.7.